The molecule has 3 aliphatic heterocycles. The first-order valence-electron chi connectivity index (χ1n) is 15.9. The van der Waals surface area contributed by atoms with Gasteiger partial charge in [-0.15, -0.1) is 0 Å². The van der Waals surface area contributed by atoms with Crippen LogP contribution >= 0.6 is 0 Å². The Morgan fingerprint density at radius 1 is 1.11 bits per heavy atom. The molecule has 7 rings (SSSR count). The van der Waals surface area contributed by atoms with Gasteiger partial charge in [-0.05, 0) is 49.6 Å². The first kappa shape index (κ1) is 30.2. The Labute approximate surface area is 267 Å². The summed E-state index contributed by atoms with van der Waals surface area (Å²) in [5.41, 5.74) is 9.43. The van der Waals surface area contributed by atoms with Gasteiger partial charge in [0.1, 0.15) is 18.1 Å². The first-order chi connectivity index (χ1) is 22.4. The van der Waals surface area contributed by atoms with Crippen LogP contribution in [0.3, 0.4) is 0 Å². The Kier molecular flexibility index (Phi) is 8.39. The lowest BCUT2D eigenvalue weighted by atomic mass is 10.0. The van der Waals surface area contributed by atoms with E-state index in [1.807, 2.05) is 41.6 Å². The molecule has 1 aromatic carbocycles. The van der Waals surface area contributed by atoms with Crippen molar-refractivity contribution in [2.45, 2.75) is 44.9 Å². The van der Waals surface area contributed by atoms with Crippen LogP contribution in [0.2, 0.25) is 0 Å². The molecule has 0 aliphatic carbocycles. The van der Waals surface area contributed by atoms with Gasteiger partial charge in [-0.3, -0.25) is 9.69 Å². The van der Waals surface area contributed by atoms with Crippen molar-refractivity contribution >= 4 is 28.1 Å². The molecule has 2 N–H and O–H groups in total. The number of ether oxygens (including phenoxy) is 3. The Hall–Kier alpha value is -4.42. The molecule has 0 saturated carbocycles. The third-order valence-electron chi connectivity index (χ3n) is 9.36. The second-order valence-electron chi connectivity index (χ2n) is 12.4. The van der Waals surface area contributed by atoms with Crippen molar-refractivity contribution in [2.24, 2.45) is 0 Å². The molecule has 46 heavy (non-hydrogen) atoms. The van der Waals surface area contributed by atoms with Crippen LogP contribution in [-0.4, -0.2) is 78.6 Å². The Morgan fingerprint density at radius 3 is 2.74 bits per heavy atom. The molecule has 0 bridgehead atoms. The lowest BCUT2D eigenvalue weighted by molar-refractivity contribution is 0.122. The zero-order valence-corrected chi connectivity index (χ0v) is 26.3. The summed E-state index contributed by atoms with van der Waals surface area (Å²) < 4.78 is 35.1. The Morgan fingerprint density at radius 2 is 1.96 bits per heavy atom. The highest BCUT2D eigenvalue weighted by Crippen LogP contribution is 2.42. The molecule has 2 saturated heterocycles. The monoisotopic (exact) mass is 629 g/mol. The van der Waals surface area contributed by atoms with E-state index in [9.17, 15) is 4.79 Å². The fraction of sp³-hybridized carbons (Fsp3) is 0.441. The van der Waals surface area contributed by atoms with E-state index in [4.69, 9.17) is 19.9 Å². The highest BCUT2D eigenvalue weighted by molar-refractivity contribution is 5.92. The van der Waals surface area contributed by atoms with E-state index in [2.05, 4.69) is 31.3 Å². The molecule has 1 unspecified atom stereocenters. The third kappa shape index (κ3) is 5.82. The molecule has 12 heteroatoms. The Balaban J connectivity index is 1.28. The summed E-state index contributed by atoms with van der Waals surface area (Å²) in [6.45, 7) is 7.28. The number of piperidine rings is 1. The van der Waals surface area contributed by atoms with Crippen LogP contribution in [0.4, 0.5) is 21.6 Å². The third-order valence-corrected chi connectivity index (χ3v) is 9.36. The lowest BCUT2D eigenvalue weighted by Crippen LogP contribution is -2.48. The molecule has 2 fully saturated rings. The summed E-state index contributed by atoms with van der Waals surface area (Å²) in [5, 5.41) is 0.345. The van der Waals surface area contributed by atoms with Crippen molar-refractivity contribution in [3.05, 3.63) is 76.1 Å². The van der Waals surface area contributed by atoms with Gasteiger partial charge in [0, 0.05) is 69.3 Å². The molecule has 11 nitrogen and oxygen atoms in total. The summed E-state index contributed by atoms with van der Waals surface area (Å²) in [4.78, 5) is 29.5. The molecule has 4 aromatic rings. The lowest BCUT2D eigenvalue weighted by Gasteiger charge is -2.40. The van der Waals surface area contributed by atoms with Gasteiger partial charge >= 0.3 is 0 Å². The van der Waals surface area contributed by atoms with Crippen LogP contribution in [-0.2, 0) is 17.8 Å². The average Bonchev–Trinajstić information content (AvgIpc) is 3.08. The highest BCUT2D eigenvalue weighted by atomic mass is 19.1. The summed E-state index contributed by atoms with van der Waals surface area (Å²) in [7, 11) is 1.61. The van der Waals surface area contributed by atoms with E-state index >= 15 is 4.39 Å². The fourth-order valence-corrected chi connectivity index (χ4v) is 6.96. The smallest absolute Gasteiger partial charge is 0.213 e. The van der Waals surface area contributed by atoms with E-state index in [-0.39, 0.29) is 17.5 Å². The summed E-state index contributed by atoms with van der Waals surface area (Å²) in [6, 6.07) is 9.25. The van der Waals surface area contributed by atoms with E-state index in [0.29, 0.717) is 85.6 Å². The molecular formula is C34H40FN7O4. The number of morpholine rings is 1. The van der Waals surface area contributed by atoms with Gasteiger partial charge in [0.05, 0.1) is 49.2 Å². The van der Waals surface area contributed by atoms with Crippen molar-refractivity contribution in [2.75, 3.05) is 68.6 Å². The van der Waals surface area contributed by atoms with E-state index in [1.165, 1.54) is 6.07 Å². The average molecular weight is 630 g/mol. The standard InChI is InChI=1S/C34H40FN7O4/c1-22-21-46-34-31-27(15-28(35)32(34)39-10-12-45-13-11-39)33(43)24(19-42(22)31)18-41(17-23-7-8-37-30(14-23)44-2)26-4-3-9-40(20-26)25-5-6-29(36)38-16-25/h5-8,14-16,19,22,26H,3-4,9-13,17-18,20-21H2,1-2H3,(H2,36,38)/t22?,26-/m0/s1. The number of rotatable bonds is 8. The summed E-state index contributed by atoms with van der Waals surface area (Å²) in [5.74, 6) is 1.03. The second-order valence-corrected chi connectivity index (χ2v) is 12.4. The largest absolute Gasteiger partial charge is 0.487 e. The number of nitrogens with zero attached hydrogens (tertiary/aromatic N) is 6. The van der Waals surface area contributed by atoms with E-state index < -0.39 is 5.82 Å². The second kappa shape index (κ2) is 12.8. The fourth-order valence-electron chi connectivity index (χ4n) is 6.96. The SMILES string of the molecule is COc1cc(CN(Cc2cn3c4c(c(N5CCOCC5)c(F)cc4c2=O)OCC3C)[C@H]2CCCN(c3ccc(N)nc3)C2)ccn1. The maximum atomic E-state index is 15.9. The van der Waals surface area contributed by atoms with Crippen molar-refractivity contribution in [1.82, 2.24) is 19.4 Å². The summed E-state index contributed by atoms with van der Waals surface area (Å²) >= 11 is 0. The molecule has 0 amide bonds. The van der Waals surface area contributed by atoms with Crippen LogP contribution in [0, 0.1) is 5.82 Å². The van der Waals surface area contributed by atoms with Gasteiger partial charge in [0.15, 0.2) is 17.0 Å². The number of benzene rings is 1. The minimum atomic E-state index is -0.444. The van der Waals surface area contributed by atoms with Crippen LogP contribution < -0.4 is 30.4 Å². The number of aromatic nitrogens is 3. The summed E-state index contributed by atoms with van der Waals surface area (Å²) in [6.07, 6.45) is 7.48. The van der Waals surface area contributed by atoms with Gasteiger partial charge in [0.2, 0.25) is 5.88 Å². The van der Waals surface area contributed by atoms with Crippen LogP contribution in [0.15, 0.2) is 53.7 Å². The molecular weight excluding hydrogens is 589 g/mol. The molecule has 242 valence electrons. The predicted octanol–water partition coefficient (Wildman–Crippen LogP) is 3.98. The minimum Gasteiger partial charge on any atom is -0.487 e. The van der Waals surface area contributed by atoms with Crippen LogP contribution in [0.5, 0.6) is 11.6 Å². The minimum absolute atomic E-state index is 0.0292. The zero-order chi connectivity index (χ0) is 31.8. The number of anilines is 3. The van der Waals surface area contributed by atoms with Crippen LogP contribution in [0.1, 0.15) is 36.9 Å². The van der Waals surface area contributed by atoms with Crippen molar-refractivity contribution in [1.29, 1.82) is 0 Å². The molecule has 2 atom stereocenters. The van der Waals surface area contributed by atoms with E-state index in [1.54, 1.807) is 13.3 Å². The van der Waals surface area contributed by atoms with Crippen LogP contribution in [0.25, 0.3) is 10.9 Å². The maximum Gasteiger partial charge on any atom is 0.213 e. The number of hydrogen-bond donors (Lipinski definition) is 1. The number of nitrogen functional groups attached to an aromatic ring is 1. The molecule has 0 spiro atoms. The maximum absolute atomic E-state index is 15.9. The van der Waals surface area contributed by atoms with Crippen molar-refractivity contribution in [3.8, 4) is 11.6 Å². The number of halogens is 1. The van der Waals surface area contributed by atoms with Gasteiger partial charge < -0.3 is 34.3 Å². The number of hydrogen-bond acceptors (Lipinski definition) is 10. The van der Waals surface area contributed by atoms with Gasteiger partial charge in [-0.1, -0.05) is 0 Å². The van der Waals surface area contributed by atoms with Gasteiger partial charge in [0.25, 0.3) is 0 Å². The highest BCUT2D eigenvalue weighted by Gasteiger charge is 2.32. The van der Waals surface area contributed by atoms with Crippen molar-refractivity contribution < 1.29 is 18.6 Å². The topological polar surface area (TPSA) is 111 Å². The molecule has 0 radical (unpaired) electrons. The van der Waals surface area contributed by atoms with Gasteiger partial charge in [-0.2, -0.15) is 0 Å². The first-order valence-corrected chi connectivity index (χ1v) is 15.9. The van der Waals surface area contributed by atoms with Gasteiger partial charge in [-0.25, -0.2) is 14.4 Å². The zero-order valence-electron chi connectivity index (χ0n) is 26.3. The van der Waals surface area contributed by atoms with Crippen molar-refractivity contribution in [3.63, 3.8) is 0 Å². The molecule has 3 aromatic heterocycles. The number of pyridine rings is 3. The number of nitrogens with two attached hydrogens (primary N) is 1. The quantitative estimate of drug-likeness (QED) is 0.307. The molecule has 6 heterocycles. The normalized spacial score (nSPS) is 19.8. The predicted molar refractivity (Wildman–Crippen MR) is 175 cm³/mol. The molecule has 3 aliphatic rings. The number of methoxy groups -OCH3 is 1. The van der Waals surface area contributed by atoms with E-state index in [0.717, 1.165) is 37.2 Å². The Bertz CT molecular complexity index is 1780.